The van der Waals surface area contributed by atoms with Crippen molar-refractivity contribution in [2.45, 2.75) is 13.8 Å². The molecule has 0 aliphatic carbocycles. The zero-order valence-electron chi connectivity index (χ0n) is 16.7. The molecule has 0 N–H and O–H groups in total. The smallest absolute Gasteiger partial charge is 0.340 e. The molecule has 0 atom stereocenters. The first-order valence-electron chi connectivity index (χ1n) is 8.90. The normalized spacial score (nSPS) is 11.4. The summed E-state index contributed by atoms with van der Waals surface area (Å²) in [6.45, 7) is 3.29. The molecule has 0 fully saturated rings. The Balaban J connectivity index is 2.08. The van der Waals surface area contributed by atoms with Crippen LogP contribution in [0.5, 0.6) is 0 Å². The van der Waals surface area contributed by atoms with Crippen molar-refractivity contribution in [1.82, 2.24) is 4.57 Å². The summed E-state index contributed by atoms with van der Waals surface area (Å²) in [6.07, 6.45) is 2.46. The number of anilines is 1. The molecule has 0 bridgehead atoms. The molecule has 0 spiro atoms. The Bertz CT molecular complexity index is 1210. The SMILES string of the molecule is COC(=O)c1cn(C(=O)CN(c2cccc(C)c2C)S(C)(=O)=O)c2ccccc12. The summed E-state index contributed by atoms with van der Waals surface area (Å²) < 4.78 is 32.1. The first-order chi connectivity index (χ1) is 13.6. The zero-order valence-corrected chi connectivity index (χ0v) is 17.5. The minimum atomic E-state index is -3.72. The number of carbonyl (C=O) groups excluding carboxylic acids is 2. The molecule has 2 aromatic carbocycles. The summed E-state index contributed by atoms with van der Waals surface area (Å²) in [5.41, 5.74) is 2.90. The third-order valence-electron chi connectivity index (χ3n) is 4.91. The number of benzene rings is 2. The Kier molecular flexibility index (Phi) is 5.48. The van der Waals surface area contributed by atoms with Gasteiger partial charge in [0.25, 0.3) is 5.91 Å². The van der Waals surface area contributed by atoms with Crippen LogP contribution in [-0.2, 0) is 14.8 Å². The Morgan fingerprint density at radius 3 is 2.41 bits per heavy atom. The molecule has 0 saturated heterocycles. The Morgan fingerprint density at radius 2 is 1.76 bits per heavy atom. The molecule has 0 amide bonds. The van der Waals surface area contributed by atoms with E-state index < -0.39 is 28.4 Å². The van der Waals surface area contributed by atoms with Gasteiger partial charge in [0.1, 0.15) is 6.54 Å². The highest BCUT2D eigenvalue weighted by atomic mass is 32.2. The van der Waals surface area contributed by atoms with E-state index in [1.807, 2.05) is 19.9 Å². The van der Waals surface area contributed by atoms with Gasteiger partial charge in [0, 0.05) is 11.6 Å². The van der Waals surface area contributed by atoms with Gasteiger partial charge < -0.3 is 4.74 Å². The summed E-state index contributed by atoms with van der Waals surface area (Å²) in [6, 6.07) is 12.2. The van der Waals surface area contributed by atoms with Crippen LogP contribution in [0.1, 0.15) is 26.3 Å². The van der Waals surface area contributed by atoms with Gasteiger partial charge in [-0.1, -0.05) is 30.3 Å². The fourth-order valence-corrected chi connectivity index (χ4v) is 4.14. The Morgan fingerprint density at radius 1 is 1.07 bits per heavy atom. The lowest BCUT2D eigenvalue weighted by atomic mass is 10.1. The van der Waals surface area contributed by atoms with Crippen LogP contribution in [0, 0.1) is 13.8 Å². The standard InChI is InChI=1S/C21H22N2O5S/c1-14-8-7-11-18(15(14)2)23(29(4,26)27)13-20(24)22-12-17(21(25)28-3)16-9-5-6-10-19(16)22/h5-12H,13H2,1-4H3. The van der Waals surface area contributed by atoms with Gasteiger partial charge in [-0.05, 0) is 37.1 Å². The number of sulfonamides is 1. The maximum Gasteiger partial charge on any atom is 0.340 e. The molecule has 0 unspecified atom stereocenters. The van der Waals surface area contributed by atoms with E-state index in [4.69, 9.17) is 4.74 Å². The molecule has 0 radical (unpaired) electrons. The highest BCUT2D eigenvalue weighted by Gasteiger charge is 2.25. The van der Waals surface area contributed by atoms with Crippen molar-refractivity contribution in [2.24, 2.45) is 0 Å². The number of aromatic nitrogens is 1. The minimum Gasteiger partial charge on any atom is -0.465 e. The van der Waals surface area contributed by atoms with E-state index >= 15 is 0 Å². The summed E-state index contributed by atoms with van der Waals surface area (Å²) >= 11 is 0. The number of aryl methyl sites for hydroxylation is 1. The molecule has 0 saturated carbocycles. The van der Waals surface area contributed by atoms with Gasteiger partial charge in [-0.15, -0.1) is 0 Å². The number of carbonyl (C=O) groups is 2. The number of ether oxygens (including phenoxy) is 1. The number of hydrogen-bond acceptors (Lipinski definition) is 5. The van der Waals surface area contributed by atoms with Crippen LogP contribution < -0.4 is 4.31 Å². The average Bonchev–Trinajstić information content (AvgIpc) is 3.07. The van der Waals surface area contributed by atoms with Crippen LogP contribution in [-0.4, -0.2) is 44.8 Å². The maximum atomic E-state index is 13.1. The molecular formula is C21H22N2O5S. The molecule has 1 aromatic heterocycles. The van der Waals surface area contributed by atoms with E-state index in [2.05, 4.69) is 0 Å². The van der Waals surface area contributed by atoms with Crippen LogP contribution in [0.3, 0.4) is 0 Å². The van der Waals surface area contributed by atoms with Crippen LogP contribution in [0.25, 0.3) is 10.9 Å². The van der Waals surface area contributed by atoms with Gasteiger partial charge in [-0.2, -0.15) is 0 Å². The van der Waals surface area contributed by atoms with E-state index in [0.29, 0.717) is 16.6 Å². The van der Waals surface area contributed by atoms with E-state index in [9.17, 15) is 18.0 Å². The topological polar surface area (TPSA) is 85.7 Å². The van der Waals surface area contributed by atoms with E-state index in [-0.39, 0.29) is 5.56 Å². The first kappa shape index (κ1) is 20.6. The van der Waals surface area contributed by atoms with Gasteiger partial charge in [-0.25, -0.2) is 13.2 Å². The number of fused-ring (bicyclic) bond motifs is 1. The number of hydrogen-bond donors (Lipinski definition) is 0. The lowest BCUT2D eigenvalue weighted by Gasteiger charge is -2.24. The number of methoxy groups -OCH3 is 1. The number of esters is 1. The van der Waals surface area contributed by atoms with Crippen LogP contribution in [0.2, 0.25) is 0 Å². The molecular weight excluding hydrogens is 392 g/mol. The van der Waals surface area contributed by atoms with Crippen molar-refractivity contribution in [3.8, 4) is 0 Å². The van der Waals surface area contributed by atoms with Crippen LogP contribution >= 0.6 is 0 Å². The number of nitrogens with zero attached hydrogens (tertiary/aromatic N) is 2. The second-order valence-electron chi connectivity index (χ2n) is 6.80. The fourth-order valence-electron chi connectivity index (χ4n) is 3.24. The lowest BCUT2D eigenvalue weighted by molar-refractivity contribution is 0.0603. The second kappa shape index (κ2) is 7.71. The molecule has 8 heteroatoms. The monoisotopic (exact) mass is 414 g/mol. The zero-order chi connectivity index (χ0) is 21.3. The molecule has 152 valence electrons. The quantitative estimate of drug-likeness (QED) is 0.599. The van der Waals surface area contributed by atoms with Gasteiger partial charge in [-0.3, -0.25) is 13.7 Å². The van der Waals surface area contributed by atoms with Gasteiger partial charge in [0.2, 0.25) is 10.0 Å². The Labute approximate surface area is 169 Å². The van der Waals surface area contributed by atoms with Crippen molar-refractivity contribution in [3.05, 3.63) is 65.4 Å². The van der Waals surface area contributed by atoms with E-state index in [1.165, 1.54) is 17.9 Å². The second-order valence-corrected chi connectivity index (χ2v) is 8.71. The summed E-state index contributed by atoms with van der Waals surface area (Å²) in [7, 11) is -2.45. The number of para-hydroxylation sites is 1. The molecule has 3 rings (SSSR count). The molecule has 7 nitrogen and oxygen atoms in total. The van der Waals surface area contributed by atoms with Crippen LogP contribution in [0.4, 0.5) is 5.69 Å². The molecule has 1 heterocycles. The van der Waals surface area contributed by atoms with E-state index in [1.54, 1.807) is 36.4 Å². The molecule has 0 aliphatic rings. The molecule has 29 heavy (non-hydrogen) atoms. The van der Waals surface area contributed by atoms with Crippen molar-refractivity contribution in [1.29, 1.82) is 0 Å². The summed E-state index contributed by atoms with van der Waals surface area (Å²) in [5.74, 6) is -1.05. The average molecular weight is 414 g/mol. The predicted molar refractivity (Wildman–Crippen MR) is 112 cm³/mol. The van der Waals surface area contributed by atoms with Crippen molar-refractivity contribution < 1.29 is 22.7 Å². The van der Waals surface area contributed by atoms with Crippen molar-refractivity contribution in [2.75, 3.05) is 24.2 Å². The third kappa shape index (κ3) is 3.88. The predicted octanol–water partition coefficient (Wildman–Crippen LogP) is 3.15. The van der Waals surface area contributed by atoms with Gasteiger partial charge in [0.15, 0.2) is 0 Å². The van der Waals surface area contributed by atoms with Crippen LogP contribution in [0.15, 0.2) is 48.7 Å². The van der Waals surface area contributed by atoms with Gasteiger partial charge >= 0.3 is 5.97 Å². The largest absolute Gasteiger partial charge is 0.465 e. The lowest BCUT2D eigenvalue weighted by Crippen LogP contribution is -2.37. The van der Waals surface area contributed by atoms with Crippen molar-refractivity contribution >= 4 is 38.5 Å². The molecule has 0 aliphatic heterocycles. The summed E-state index contributed by atoms with van der Waals surface area (Å²) in [4.78, 5) is 25.2. The fraction of sp³-hybridized carbons (Fsp3) is 0.238. The van der Waals surface area contributed by atoms with Crippen molar-refractivity contribution in [3.63, 3.8) is 0 Å². The number of rotatable bonds is 5. The highest BCUT2D eigenvalue weighted by Crippen LogP contribution is 2.26. The van der Waals surface area contributed by atoms with Gasteiger partial charge in [0.05, 0.1) is 30.1 Å². The Hall–Kier alpha value is -3.13. The van der Waals surface area contributed by atoms with E-state index in [0.717, 1.165) is 21.7 Å². The highest BCUT2D eigenvalue weighted by molar-refractivity contribution is 7.92. The first-order valence-corrected chi connectivity index (χ1v) is 10.8. The summed E-state index contributed by atoms with van der Waals surface area (Å²) in [5, 5.41) is 0.561. The minimum absolute atomic E-state index is 0.245. The molecule has 3 aromatic rings. The third-order valence-corrected chi connectivity index (χ3v) is 6.04. The maximum absolute atomic E-state index is 13.1.